The number of carbonyl (C=O) groups excluding carboxylic acids is 1. The van der Waals surface area contributed by atoms with Crippen LogP contribution < -0.4 is 5.73 Å². The van der Waals surface area contributed by atoms with E-state index in [1.807, 2.05) is 4.90 Å². The van der Waals surface area contributed by atoms with Crippen molar-refractivity contribution in [3.63, 3.8) is 0 Å². The lowest BCUT2D eigenvalue weighted by molar-refractivity contribution is -0.119. The second kappa shape index (κ2) is 6.56. The molecule has 13 heavy (non-hydrogen) atoms. The van der Waals surface area contributed by atoms with Gasteiger partial charge in [-0.15, -0.1) is 0 Å². The van der Waals surface area contributed by atoms with E-state index < -0.39 is 0 Å². The number of piperidine rings is 1. The highest BCUT2D eigenvalue weighted by atomic mass is 16.3. The van der Waals surface area contributed by atoms with E-state index in [0.717, 1.165) is 19.4 Å². The van der Waals surface area contributed by atoms with Gasteiger partial charge in [0, 0.05) is 6.54 Å². The molecule has 1 aliphatic heterocycles. The fraction of sp³-hybridized carbons (Fsp3) is 0.750. The second-order valence-electron chi connectivity index (χ2n) is 3.00. The Morgan fingerprint density at radius 1 is 1.69 bits per heavy atom. The number of aliphatic hydroxyl groups excluding tert-OH is 1. The zero-order valence-electron chi connectivity index (χ0n) is 7.70. The summed E-state index contributed by atoms with van der Waals surface area (Å²) in [5.74, 6) is -0.320. The Morgan fingerprint density at radius 2 is 2.31 bits per heavy atom. The standard InChI is InChI=1S/C7H14N2O2.CH3N/c8-7(11)5-9-3-1-2-6(10)4-9;1-2/h6,10H,1-5H2,(H2,8,11);2H,1H2/t6-;/m1./s1. The lowest BCUT2D eigenvalue weighted by atomic mass is 10.1. The van der Waals surface area contributed by atoms with Gasteiger partial charge >= 0.3 is 0 Å². The van der Waals surface area contributed by atoms with E-state index in [-0.39, 0.29) is 18.6 Å². The molecule has 0 aromatic rings. The maximum Gasteiger partial charge on any atom is 0.231 e. The number of nitrogens with zero attached hydrogens (tertiary/aromatic N) is 1. The summed E-state index contributed by atoms with van der Waals surface area (Å²) < 4.78 is 0. The van der Waals surface area contributed by atoms with Gasteiger partial charge in [-0.1, -0.05) is 0 Å². The number of carbonyl (C=O) groups is 1. The average molecular weight is 187 g/mol. The molecule has 0 aromatic heterocycles. The highest BCUT2D eigenvalue weighted by Crippen LogP contribution is 2.08. The molecule has 0 bridgehead atoms. The fourth-order valence-corrected chi connectivity index (χ4v) is 1.40. The first-order chi connectivity index (χ1) is 6.18. The smallest absolute Gasteiger partial charge is 0.231 e. The van der Waals surface area contributed by atoms with Crippen molar-refractivity contribution < 1.29 is 9.90 Å². The third kappa shape index (κ3) is 5.32. The summed E-state index contributed by atoms with van der Waals surface area (Å²) in [7, 11) is 0. The molecule has 1 saturated heterocycles. The fourth-order valence-electron chi connectivity index (χ4n) is 1.40. The number of primary amides is 1. The molecule has 4 N–H and O–H groups in total. The molecular formula is C8H17N3O2. The van der Waals surface area contributed by atoms with Crippen molar-refractivity contribution in [2.45, 2.75) is 18.9 Å². The van der Waals surface area contributed by atoms with Crippen LogP contribution in [0.2, 0.25) is 0 Å². The van der Waals surface area contributed by atoms with Crippen LogP contribution in [0.1, 0.15) is 12.8 Å². The summed E-state index contributed by atoms with van der Waals surface area (Å²) in [5.41, 5.74) is 5.01. The van der Waals surface area contributed by atoms with E-state index in [1.54, 1.807) is 0 Å². The van der Waals surface area contributed by atoms with Gasteiger partial charge in [0.1, 0.15) is 0 Å². The van der Waals surface area contributed by atoms with Crippen molar-refractivity contribution >= 4 is 12.6 Å². The topological polar surface area (TPSA) is 90.4 Å². The monoisotopic (exact) mass is 187 g/mol. The normalized spacial score (nSPS) is 23.0. The molecule has 0 radical (unpaired) electrons. The number of aliphatic hydroxyl groups is 1. The molecule has 0 spiro atoms. The van der Waals surface area contributed by atoms with Gasteiger partial charge in [-0.2, -0.15) is 0 Å². The Kier molecular flexibility index (Phi) is 6.09. The van der Waals surface area contributed by atoms with E-state index >= 15 is 0 Å². The Balaban J connectivity index is 0.000000671. The molecule has 1 amide bonds. The van der Waals surface area contributed by atoms with Gasteiger partial charge in [-0.3, -0.25) is 9.69 Å². The Hall–Kier alpha value is -0.940. The first-order valence-corrected chi connectivity index (χ1v) is 4.22. The first kappa shape index (κ1) is 12.1. The molecule has 1 fully saturated rings. The van der Waals surface area contributed by atoms with Crippen LogP contribution in [0.15, 0.2) is 0 Å². The highest BCUT2D eigenvalue weighted by molar-refractivity contribution is 5.75. The second-order valence-corrected chi connectivity index (χ2v) is 3.00. The van der Waals surface area contributed by atoms with Gasteiger partial charge in [-0.05, 0) is 26.1 Å². The highest BCUT2D eigenvalue weighted by Gasteiger charge is 2.18. The maximum atomic E-state index is 10.5. The van der Waals surface area contributed by atoms with Crippen molar-refractivity contribution in [1.29, 1.82) is 5.41 Å². The van der Waals surface area contributed by atoms with Crippen LogP contribution in [0.3, 0.4) is 0 Å². The summed E-state index contributed by atoms with van der Waals surface area (Å²) in [6, 6.07) is 0. The summed E-state index contributed by atoms with van der Waals surface area (Å²) in [6.07, 6.45) is 1.52. The Morgan fingerprint density at radius 3 is 2.77 bits per heavy atom. The van der Waals surface area contributed by atoms with E-state index in [2.05, 4.69) is 6.72 Å². The molecule has 5 nitrogen and oxygen atoms in total. The number of nitrogens with two attached hydrogens (primary N) is 1. The predicted molar refractivity (Wildman–Crippen MR) is 50.7 cm³/mol. The quantitative estimate of drug-likeness (QED) is 0.494. The Labute approximate surface area is 78.0 Å². The van der Waals surface area contributed by atoms with Gasteiger partial charge in [0.25, 0.3) is 0 Å². The van der Waals surface area contributed by atoms with Crippen LogP contribution >= 0.6 is 0 Å². The van der Waals surface area contributed by atoms with Crippen LogP contribution in [0.4, 0.5) is 0 Å². The molecule has 1 aliphatic rings. The van der Waals surface area contributed by atoms with Gasteiger partial charge in [0.05, 0.1) is 12.6 Å². The molecule has 5 heteroatoms. The van der Waals surface area contributed by atoms with E-state index in [0.29, 0.717) is 6.54 Å². The lowest BCUT2D eigenvalue weighted by Crippen LogP contribution is -2.42. The zero-order chi connectivity index (χ0) is 10.3. The number of amides is 1. The van der Waals surface area contributed by atoms with Gasteiger partial charge in [0.2, 0.25) is 5.91 Å². The minimum Gasteiger partial charge on any atom is -0.392 e. The number of β-amino-alcohol motifs (C(OH)–C–C–N with tert-alkyl or cyclic N) is 1. The molecule has 76 valence electrons. The van der Waals surface area contributed by atoms with Crippen molar-refractivity contribution in [1.82, 2.24) is 4.90 Å². The molecule has 1 heterocycles. The Bertz CT molecular complexity index is 163. The lowest BCUT2D eigenvalue weighted by Gasteiger charge is -2.28. The molecule has 0 unspecified atom stereocenters. The van der Waals surface area contributed by atoms with E-state index in [4.69, 9.17) is 11.1 Å². The minimum absolute atomic E-state index is 0.275. The third-order valence-corrected chi connectivity index (χ3v) is 1.86. The summed E-state index contributed by atoms with van der Waals surface area (Å²) in [6.45, 7) is 4.24. The van der Waals surface area contributed by atoms with Gasteiger partial charge < -0.3 is 16.2 Å². The number of rotatable bonds is 2. The van der Waals surface area contributed by atoms with Crippen LogP contribution in [0.5, 0.6) is 0 Å². The van der Waals surface area contributed by atoms with Gasteiger partial charge in [-0.25, -0.2) is 0 Å². The molecule has 1 atom stereocenters. The number of hydrogen-bond acceptors (Lipinski definition) is 4. The van der Waals surface area contributed by atoms with Gasteiger partial charge in [0.15, 0.2) is 0 Å². The van der Waals surface area contributed by atoms with Crippen LogP contribution in [0, 0.1) is 5.41 Å². The molecule has 0 saturated carbocycles. The maximum absolute atomic E-state index is 10.5. The van der Waals surface area contributed by atoms with Crippen LogP contribution in [-0.4, -0.2) is 48.4 Å². The first-order valence-electron chi connectivity index (χ1n) is 4.22. The number of likely N-dealkylation sites (tertiary alicyclic amines) is 1. The van der Waals surface area contributed by atoms with Crippen molar-refractivity contribution in [2.24, 2.45) is 5.73 Å². The van der Waals surface area contributed by atoms with Crippen LogP contribution in [0.25, 0.3) is 0 Å². The van der Waals surface area contributed by atoms with E-state index in [9.17, 15) is 9.90 Å². The summed E-state index contributed by atoms with van der Waals surface area (Å²) >= 11 is 0. The SMILES string of the molecule is C=N.NC(=O)CN1CCC[C@@H](O)C1. The molecule has 1 rings (SSSR count). The predicted octanol–water partition coefficient (Wildman–Crippen LogP) is -0.806. The van der Waals surface area contributed by atoms with Crippen LogP contribution in [-0.2, 0) is 4.79 Å². The largest absolute Gasteiger partial charge is 0.392 e. The van der Waals surface area contributed by atoms with Crippen molar-refractivity contribution in [3.8, 4) is 0 Å². The third-order valence-electron chi connectivity index (χ3n) is 1.86. The molecular weight excluding hydrogens is 170 g/mol. The molecule has 0 aromatic carbocycles. The summed E-state index contributed by atoms with van der Waals surface area (Å²) in [5, 5.41) is 14.7. The molecule has 0 aliphatic carbocycles. The minimum atomic E-state index is -0.320. The average Bonchev–Trinajstić information content (AvgIpc) is 2.06. The van der Waals surface area contributed by atoms with E-state index in [1.165, 1.54) is 0 Å². The van der Waals surface area contributed by atoms with Crippen molar-refractivity contribution in [3.05, 3.63) is 0 Å². The number of hydrogen-bond donors (Lipinski definition) is 3. The van der Waals surface area contributed by atoms with Crippen molar-refractivity contribution in [2.75, 3.05) is 19.6 Å². The zero-order valence-corrected chi connectivity index (χ0v) is 7.70. The number of nitrogens with one attached hydrogen (secondary N) is 1. The summed E-state index contributed by atoms with van der Waals surface area (Å²) in [4.78, 5) is 12.4.